The molecule has 3 heterocycles. The fourth-order valence-electron chi connectivity index (χ4n) is 2.88. The molecule has 1 unspecified atom stereocenters. The highest BCUT2D eigenvalue weighted by Crippen LogP contribution is 2.31. The first-order valence-corrected chi connectivity index (χ1v) is 10.1. The molecule has 130 valence electrons. The van der Waals surface area contributed by atoms with Gasteiger partial charge in [-0.05, 0) is 24.4 Å². The van der Waals surface area contributed by atoms with E-state index < -0.39 is 20.9 Å². The van der Waals surface area contributed by atoms with E-state index in [0.717, 1.165) is 12.8 Å². The number of sulfone groups is 1. The molecule has 1 aliphatic heterocycles. The van der Waals surface area contributed by atoms with E-state index in [1.165, 1.54) is 12.5 Å². The molecule has 1 atom stereocenters. The second-order valence-electron chi connectivity index (χ2n) is 5.83. The SMILES string of the molecule is CS(=O)(=O)C1CCCCN(c2nc(Cl)nc3c(F)c(Cl)ncc23)C1. The third kappa shape index (κ3) is 3.41. The van der Waals surface area contributed by atoms with Gasteiger partial charge in [-0.2, -0.15) is 4.98 Å². The molecular formula is C14H15Cl2FN4O2S. The van der Waals surface area contributed by atoms with Gasteiger partial charge in [-0.15, -0.1) is 0 Å². The fraction of sp³-hybridized carbons (Fsp3) is 0.500. The Morgan fingerprint density at radius 3 is 2.75 bits per heavy atom. The molecule has 10 heteroatoms. The maximum atomic E-state index is 14.2. The van der Waals surface area contributed by atoms with Crippen LogP contribution in [0.15, 0.2) is 6.20 Å². The predicted octanol–water partition coefficient (Wildman–Crippen LogP) is 2.87. The van der Waals surface area contributed by atoms with Crippen LogP contribution in [-0.2, 0) is 9.84 Å². The normalized spacial score (nSPS) is 19.5. The predicted molar refractivity (Wildman–Crippen MR) is 92.0 cm³/mol. The summed E-state index contributed by atoms with van der Waals surface area (Å²) >= 11 is 11.6. The smallest absolute Gasteiger partial charge is 0.225 e. The second kappa shape index (κ2) is 6.57. The van der Waals surface area contributed by atoms with Crippen molar-refractivity contribution in [2.45, 2.75) is 24.5 Å². The van der Waals surface area contributed by atoms with Crippen LogP contribution in [0.3, 0.4) is 0 Å². The maximum absolute atomic E-state index is 14.2. The standard InChI is InChI=1S/C14H15Cl2FN4O2S/c1-24(22,23)8-4-2-3-5-21(7-8)13-9-6-18-12(15)10(17)11(9)19-14(16)20-13/h6,8H,2-5,7H2,1H3. The van der Waals surface area contributed by atoms with Crippen molar-refractivity contribution < 1.29 is 12.8 Å². The number of rotatable bonds is 2. The molecular weight excluding hydrogens is 378 g/mol. The summed E-state index contributed by atoms with van der Waals surface area (Å²) in [6.07, 6.45) is 4.80. The summed E-state index contributed by atoms with van der Waals surface area (Å²) in [6, 6.07) is 0. The number of hydrogen-bond donors (Lipinski definition) is 0. The number of anilines is 1. The van der Waals surface area contributed by atoms with Crippen LogP contribution < -0.4 is 4.90 Å². The summed E-state index contributed by atoms with van der Waals surface area (Å²) in [5.74, 6) is -0.391. The van der Waals surface area contributed by atoms with Crippen LogP contribution >= 0.6 is 23.2 Å². The van der Waals surface area contributed by atoms with E-state index in [0.29, 0.717) is 24.2 Å². The Kier molecular flexibility index (Phi) is 4.81. The highest BCUT2D eigenvalue weighted by Gasteiger charge is 2.28. The number of hydrogen-bond acceptors (Lipinski definition) is 6. The average Bonchev–Trinajstić information content (AvgIpc) is 2.76. The molecule has 0 bridgehead atoms. The van der Waals surface area contributed by atoms with Crippen molar-refractivity contribution >= 4 is 49.8 Å². The highest BCUT2D eigenvalue weighted by atomic mass is 35.5. The van der Waals surface area contributed by atoms with Crippen molar-refractivity contribution in [1.29, 1.82) is 0 Å². The van der Waals surface area contributed by atoms with Crippen LogP contribution in [-0.4, -0.2) is 48.0 Å². The molecule has 0 N–H and O–H groups in total. The van der Waals surface area contributed by atoms with Gasteiger partial charge in [0.2, 0.25) is 5.28 Å². The number of fused-ring (bicyclic) bond motifs is 1. The van der Waals surface area contributed by atoms with Gasteiger partial charge in [0, 0.05) is 25.5 Å². The minimum Gasteiger partial charge on any atom is -0.355 e. The molecule has 0 amide bonds. The first-order chi connectivity index (χ1) is 11.3. The van der Waals surface area contributed by atoms with Crippen LogP contribution in [0.5, 0.6) is 0 Å². The van der Waals surface area contributed by atoms with Gasteiger partial charge in [0.25, 0.3) is 0 Å². The molecule has 2 aromatic heterocycles. The third-order valence-electron chi connectivity index (χ3n) is 4.13. The number of pyridine rings is 1. The minimum atomic E-state index is -3.20. The maximum Gasteiger partial charge on any atom is 0.225 e. The van der Waals surface area contributed by atoms with Gasteiger partial charge in [0.05, 0.1) is 10.6 Å². The Balaban J connectivity index is 2.12. The minimum absolute atomic E-state index is 0.0230. The molecule has 3 rings (SSSR count). The van der Waals surface area contributed by atoms with Crippen LogP contribution in [0.25, 0.3) is 10.9 Å². The second-order valence-corrected chi connectivity index (χ2v) is 8.86. The van der Waals surface area contributed by atoms with Gasteiger partial charge < -0.3 is 4.90 Å². The largest absolute Gasteiger partial charge is 0.355 e. The number of nitrogens with zero attached hydrogens (tertiary/aromatic N) is 4. The monoisotopic (exact) mass is 392 g/mol. The molecule has 6 nitrogen and oxygen atoms in total. The lowest BCUT2D eigenvalue weighted by Gasteiger charge is -2.25. The Labute approximate surface area is 148 Å². The van der Waals surface area contributed by atoms with E-state index in [-0.39, 0.29) is 22.5 Å². The Morgan fingerprint density at radius 2 is 2.04 bits per heavy atom. The van der Waals surface area contributed by atoms with E-state index in [9.17, 15) is 12.8 Å². The average molecular weight is 393 g/mol. The quantitative estimate of drug-likeness (QED) is 0.577. The van der Waals surface area contributed by atoms with Crippen LogP contribution in [0.2, 0.25) is 10.4 Å². The van der Waals surface area contributed by atoms with E-state index in [1.807, 2.05) is 4.90 Å². The first-order valence-electron chi connectivity index (χ1n) is 7.38. The summed E-state index contributed by atoms with van der Waals surface area (Å²) in [7, 11) is -3.20. The van der Waals surface area contributed by atoms with Crippen molar-refractivity contribution in [3.8, 4) is 0 Å². The molecule has 1 saturated heterocycles. The van der Waals surface area contributed by atoms with E-state index in [2.05, 4.69) is 15.0 Å². The van der Waals surface area contributed by atoms with Gasteiger partial charge in [0.1, 0.15) is 11.3 Å². The van der Waals surface area contributed by atoms with Gasteiger partial charge in [0.15, 0.2) is 20.8 Å². The zero-order valence-electron chi connectivity index (χ0n) is 12.8. The number of halogens is 3. The van der Waals surface area contributed by atoms with E-state index in [1.54, 1.807) is 0 Å². The number of aromatic nitrogens is 3. The summed E-state index contributed by atoms with van der Waals surface area (Å²) in [4.78, 5) is 13.7. The Morgan fingerprint density at radius 1 is 1.29 bits per heavy atom. The van der Waals surface area contributed by atoms with Crippen LogP contribution in [0.4, 0.5) is 10.2 Å². The lowest BCUT2D eigenvalue weighted by molar-refractivity contribution is 0.577. The van der Waals surface area contributed by atoms with Crippen molar-refractivity contribution in [3.63, 3.8) is 0 Å². The van der Waals surface area contributed by atoms with Crippen molar-refractivity contribution in [3.05, 3.63) is 22.5 Å². The van der Waals surface area contributed by atoms with Gasteiger partial charge in [-0.25, -0.2) is 22.8 Å². The molecule has 1 fully saturated rings. The third-order valence-corrected chi connectivity index (χ3v) is 6.16. The lowest BCUT2D eigenvalue weighted by atomic mass is 10.2. The summed E-state index contributed by atoms with van der Waals surface area (Å²) in [5.41, 5.74) is -0.0230. The highest BCUT2D eigenvalue weighted by molar-refractivity contribution is 7.91. The lowest BCUT2D eigenvalue weighted by Crippen LogP contribution is -2.35. The molecule has 0 radical (unpaired) electrons. The molecule has 0 aliphatic carbocycles. The van der Waals surface area contributed by atoms with Gasteiger partial charge in [-0.1, -0.05) is 18.0 Å². The summed E-state index contributed by atoms with van der Waals surface area (Å²) in [5, 5.41) is -0.573. The fourth-order valence-corrected chi connectivity index (χ4v) is 4.23. The molecule has 2 aromatic rings. The molecule has 24 heavy (non-hydrogen) atoms. The zero-order chi connectivity index (χ0) is 17.5. The molecule has 0 spiro atoms. The van der Waals surface area contributed by atoms with Crippen molar-refractivity contribution in [2.24, 2.45) is 0 Å². The molecule has 1 aliphatic rings. The zero-order valence-corrected chi connectivity index (χ0v) is 15.2. The molecule has 0 aromatic carbocycles. The van der Waals surface area contributed by atoms with E-state index >= 15 is 0 Å². The summed E-state index contributed by atoms with van der Waals surface area (Å²) in [6.45, 7) is 0.865. The Bertz CT molecular complexity index is 894. The topological polar surface area (TPSA) is 76.1 Å². The molecule has 0 saturated carbocycles. The Hall–Kier alpha value is -1.25. The van der Waals surface area contributed by atoms with Gasteiger partial charge >= 0.3 is 0 Å². The van der Waals surface area contributed by atoms with E-state index in [4.69, 9.17) is 23.2 Å². The van der Waals surface area contributed by atoms with Crippen LogP contribution in [0, 0.1) is 5.82 Å². The first kappa shape index (κ1) is 17.6. The van der Waals surface area contributed by atoms with Crippen LogP contribution in [0.1, 0.15) is 19.3 Å². The van der Waals surface area contributed by atoms with Gasteiger partial charge in [-0.3, -0.25) is 0 Å². The van der Waals surface area contributed by atoms with Crippen molar-refractivity contribution in [2.75, 3.05) is 24.2 Å². The van der Waals surface area contributed by atoms with Crippen molar-refractivity contribution in [1.82, 2.24) is 15.0 Å². The summed E-state index contributed by atoms with van der Waals surface area (Å²) < 4.78 is 38.2.